The smallest absolute Gasteiger partial charge is 0.319 e. The normalized spacial score (nSPS) is 18.9. The fourth-order valence-electron chi connectivity index (χ4n) is 3.76. The molecule has 3 heterocycles. The lowest BCUT2D eigenvalue weighted by atomic mass is 9.81. The van der Waals surface area contributed by atoms with Gasteiger partial charge in [-0.1, -0.05) is 6.07 Å². The number of anilines is 4. The Balaban J connectivity index is 1.42. The van der Waals surface area contributed by atoms with Crippen molar-refractivity contribution in [3.63, 3.8) is 0 Å². The van der Waals surface area contributed by atoms with Crippen molar-refractivity contribution in [3.05, 3.63) is 30.5 Å². The number of aromatic nitrogens is 3. The van der Waals surface area contributed by atoms with Gasteiger partial charge in [0.25, 0.3) is 0 Å². The van der Waals surface area contributed by atoms with Crippen molar-refractivity contribution in [2.24, 2.45) is 5.92 Å². The first-order valence-electron chi connectivity index (χ1n) is 10.4. The van der Waals surface area contributed by atoms with E-state index in [1.165, 1.54) is 6.20 Å². The van der Waals surface area contributed by atoms with E-state index in [2.05, 4.69) is 37.4 Å². The summed E-state index contributed by atoms with van der Waals surface area (Å²) in [6.07, 6.45) is 3.14. The summed E-state index contributed by atoms with van der Waals surface area (Å²) in [6, 6.07) is 9.09. The molecule has 3 aromatic rings. The molecule has 2 aromatic heterocycles. The fourth-order valence-corrected chi connectivity index (χ4v) is 3.76. The summed E-state index contributed by atoms with van der Waals surface area (Å²) in [7, 11) is 1.78. The van der Waals surface area contributed by atoms with Crippen LogP contribution in [0, 0.1) is 17.2 Å². The number of para-hydroxylation sites is 1. The number of carbonyl (C=O) groups excluding carboxylic acids is 1. The second-order valence-electron chi connectivity index (χ2n) is 7.54. The summed E-state index contributed by atoms with van der Waals surface area (Å²) in [5.41, 5.74) is 1.63. The van der Waals surface area contributed by atoms with Gasteiger partial charge < -0.3 is 30.7 Å². The highest BCUT2D eigenvalue weighted by Crippen LogP contribution is 2.39. The van der Waals surface area contributed by atoms with E-state index in [0.717, 1.165) is 18.5 Å². The number of hydrogen-bond donors (Lipinski definition) is 4. The largest absolute Gasteiger partial charge is 0.486 e. The van der Waals surface area contributed by atoms with Gasteiger partial charge in [-0.3, -0.25) is 0 Å². The van der Waals surface area contributed by atoms with E-state index in [4.69, 9.17) is 14.7 Å². The van der Waals surface area contributed by atoms with E-state index < -0.39 is 6.03 Å². The van der Waals surface area contributed by atoms with Crippen LogP contribution in [0.5, 0.6) is 11.5 Å². The van der Waals surface area contributed by atoms with Gasteiger partial charge in [-0.25, -0.2) is 9.78 Å². The highest BCUT2D eigenvalue weighted by Gasteiger charge is 2.32. The second kappa shape index (κ2) is 8.14. The van der Waals surface area contributed by atoms with Crippen LogP contribution in [0.2, 0.25) is 0 Å². The third kappa shape index (κ3) is 3.56. The lowest BCUT2D eigenvalue weighted by molar-refractivity contribution is 0.172. The molecule has 2 atom stereocenters. The van der Waals surface area contributed by atoms with E-state index in [9.17, 15) is 4.79 Å². The molecule has 1 aliphatic heterocycles. The molecule has 1 aliphatic carbocycles. The van der Waals surface area contributed by atoms with Crippen molar-refractivity contribution in [1.29, 1.82) is 5.26 Å². The van der Waals surface area contributed by atoms with Crippen molar-refractivity contribution in [2.75, 3.05) is 36.2 Å². The predicted molar refractivity (Wildman–Crippen MR) is 118 cm³/mol. The monoisotopic (exact) mass is 434 g/mol. The highest BCUT2D eigenvalue weighted by atomic mass is 16.6. The van der Waals surface area contributed by atoms with Gasteiger partial charge in [0.05, 0.1) is 23.9 Å². The van der Waals surface area contributed by atoms with Gasteiger partial charge in [-0.2, -0.15) is 14.9 Å². The average Bonchev–Trinajstić information content (AvgIpc) is 3.19. The van der Waals surface area contributed by atoms with Crippen LogP contribution in [-0.4, -0.2) is 46.9 Å². The Hall–Kier alpha value is -4.20. The van der Waals surface area contributed by atoms with Crippen molar-refractivity contribution >= 4 is 34.7 Å². The van der Waals surface area contributed by atoms with Gasteiger partial charge in [-0.15, -0.1) is 0 Å². The molecule has 2 unspecified atom stereocenters. The fraction of sp³-hybridized carbons (Fsp3) is 0.333. The summed E-state index contributed by atoms with van der Waals surface area (Å²) >= 11 is 0. The molecule has 0 radical (unpaired) electrons. The number of amides is 2. The Labute approximate surface area is 183 Å². The zero-order chi connectivity index (χ0) is 22.1. The SMILES string of the molecule is CNc1cc(Nc2cccc3c2OCCO3)nc2c(NC(=O)NC3CCC3C#N)cnn12. The van der Waals surface area contributed by atoms with Crippen LogP contribution in [0.4, 0.5) is 27.8 Å². The third-order valence-corrected chi connectivity index (χ3v) is 5.56. The van der Waals surface area contributed by atoms with Crippen LogP contribution in [-0.2, 0) is 0 Å². The summed E-state index contributed by atoms with van der Waals surface area (Å²) in [6.45, 7) is 0.979. The van der Waals surface area contributed by atoms with Crippen LogP contribution in [0.15, 0.2) is 30.5 Å². The molecule has 2 aliphatic rings. The Kier molecular flexibility index (Phi) is 5.03. The molecule has 0 saturated heterocycles. The Morgan fingerprint density at radius 1 is 1.25 bits per heavy atom. The predicted octanol–water partition coefficient (Wildman–Crippen LogP) is 2.71. The number of ether oxygens (including phenoxy) is 2. The van der Waals surface area contributed by atoms with E-state index in [-0.39, 0.29) is 12.0 Å². The van der Waals surface area contributed by atoms with Crippen LogP contribution < -0.4 is 30.7 Å². The lowest BCUT2D eigenvalue weighted by Gasteiger charge is -2.31. The van der Waals surface area contributed by atoms with Crippen molar-refractivity contribution in [2.45, 2.75) is 18.9 Å². The molecular formula is C21H22N8O3. The van der Waals surface area contributed by atoms with E-state index in [1.807, 2.05) is 18.2 Å². The van der Waals surface area contributed by atoms with Crippen LogP contribution in [0.1, 0.15) is 12.8 Å². The number of fused-ring (bicyclic) bond motifs is 2. The number of rotatable bonds is 5. The van der Waals surface area contributed by atoms with E-state index in [0.29, 0.717) is 47.7 Å². The van der Waals surface area contributed by atoms with Gasteiger partial charge in [-0.05, 0) is 25.0 Å². The first-order valence-corrected chi connectivity index (χ1v) is 10.4. The van der Waals surface area contributed by atoms with Gasteiger partial charge in [0.2, 0.25) is 0 Å². The maximum Gasteiger partial charge on any atom is 0.319 e. The topological polar surface area (TPSA) is 138 Å². The molecule has 1 fully saturated rings. The summed E-state index contributed by atoms with van der Waals surface area (Å²) in [4.78, 5) is 17.1. The second-order valence-corrected chi connectivity index (χ2v) is 7.54. The molecule has 4 N–H and O–H groups in total. The first-order chi connectivity index (χ1) is 15.7. The van der Waals surface area contributed by atoms with Gasteiger partial charge >= 0.3 is 6.03 Å². The zero-order valence-electron chi connectivity index (χ0n) is 17.4. The van der Waals surface area contributed by atoms with E-state index >= 15 is 0 Å². The van der Waals surface area contributed by atoms with Crippen LogP contribution >= 0.6 is 0 Å². The maximum atomic E-state index is 12.5. The van der Waals surface area contributed by atoms with Gasteiger partial charge in [0.15, 0.2) is 17.1 Å². The molecule has 0 bridgehead atoms. The molecular weight excluding hydrogens is 412 g/mol. The summed E-state index contributed by atoms with van der Waals surface area (Å²) in [5, 5.41) is 25.4. The van der Waals surface area contributed by atoms with Gasteiger partial charge in [0, 0.05) is 19.2 Å². The number of nitrogens with one attached hydrogen (secondary N) is 4. The molecule has 1 aromatic carbocycles. The molecule has 11 heteroatoms. The molecule has 2 amide bonds. The van der Waals surface area contributed by atoms with Crippen molar-refractivity contribution < 1.29 is 14.3 Å². The minimum absolute atomic E-state index is 0.133. The summed E-state index contributed by atoms with van der Waals surface area (Å²) in [5.74, 6) is 2.38. The quantitative estimate of drug-likeness (QED) is 0.481. The first kappa shape index (κ1) is 19.7. The Morgan fingerprint density at radius 3 is 2.91 bits per heavy atom. The molecule has 5 rings (SSSR count). The number of carbonyl (C=O) groups is 1. The highest BCUT2D eigenvalue weighted by molar-refractivity contribution is 5.93. The number of benzene rings is 1. The number of nitriles is 1. The molecule has 11 nitrogen and oxygen atoms in total. The minimum atomic E-state index is -0.390. The Morgan fingerprint density at radius 2 is 2.12 bits per heavy atom. The van der Waals surface area contributed by atoms with Crippen LogP contribution in [0.3, 0.4) is 0 Å². The molecule has 1 saturated carbocycles. The molecule has 0 spiro atoms. The zero-order valence-corrected chi connectivity index (χ0v) is 17.4. The Bertz CT molecular complexity index is 1220. The average molecular weight is 434 g/mol. The number of hydrogen-bond acceptors (Lipinski definition) is 8. The minimum Gasteiger partial charge on any atom is -0.486 e. The summed E-state index contributed by atoms with van der Waals surface area (Å²) < 4.78 is 13.0. The molecule has 32 heavy (non-hydrogen) atoms. The van der Waals surface area contributed by atoms with E-state index in [1.54, 1.807) is 17.6 Å². The third-order valence-electron chi connectivity index (χ3n) is 5.56. The lowest BCUT2D eigenvalue weighted by Crippen LogP contribution is -2.47. The van der Waals surface area contributed by atoms with Crippen LogP contribution in [0.25, 0.3) is 5.65 Å². The molecule has 164 valence electrons. The maximum absolute atomic E-state index is 12.5. The van der Waals surface area contributed by atoms with Crippen molar-refractivity contribution in [1.82, 2.24) is 19.9 Å². The number of urea groups is 1. The standard InChI is InChI=1S/C21H22N8O3/c1-23-18-9-17(25-14-3-2-4-16-19(14)32-8-7-31-16)28-20-15(11-24-29(18)20)27-21(30)26-13-6-5-12(13)10-22/h2-4,9,11-13,23H,5-8H2,1H3,(H,25,28)(H2,26,27,30). The number of nitrogens with zero attached hydrogens (tertiary/aromatic N) is 4. The van der Waals surface area contributed by atoms with Gasteiger partial charge in [0.1, 0.15) is 30.5 Å². The van der Waals surface area contributed by atoms with Crippen molar-refractivity contribution in [3.8, 4) is 17.6 Å².